The summed E-state index contributed by atoms with van der Waals surface area (Å²) in [6.07, 6.45) is 9.15. The summed E-state index contributed by atoms with van der Waals surface area (Å²) in [5.74, 6) is 0. The number of pyridine rings is 1. The number of benzene rings is 6. The Kier molecular flexibility index (Phi) is 9.13. The molecule has 6 aromatic carbocycles. The van der Waals surface area contributed by atoms with Crippen LogP contribution in [-0.2, 0) is 11.8 Å². The molecule has 0 radical (unpaired) electrons. The van der Waals surface area contributed by atoms with Crippen LogP contribution in [0.5, 0.6) is 0 Å². The Morgan fingerprint density at radius 3 is 1.84 bits per heavy atom. The van der Waals surface area contributed by atoms with E-state index in [0.29, 0.717) is 0 Å². The number of nitrogens with zero attached hydrogens (tertiary/aromatic N) is 1. The van der Waals surface area contributed by atoms with Crippen LogP contribution in [-0.4, -0.2) is 4.98 Å². The molecule has 1 heterocycles. The molecule has 252 valence electrons. The van der Waals surface area contributed by atoms with E-state index in [4.69, 9.17) is 4.98 Å². The second kappa shape index (κ2) is 14.2. The molecule has 1 aromatic heterocycles. The Morgan fingerprint density at radius 2 is 1.06 bits per heavy atom. The van der Waals surface area contributed by atoms with Crippen LogP contribution in [0, 0.1) is 0 Å². The standard InChI is InChI=1S/C50H47N/c1-4-5-6-7-8-10-17-35-24-26-37(27-25-35)40-20-13-14-21-41(40)38-29-31-48-45(32-38)44(36-18-11-9-12-19-36)34-49(51-48)39-28-30-43-42-22-15-16-23-46(42)50(2,3)47(43)33-39/h9,11-16,18-34H,4-8,10,17H2,1-3H3. The molecule has 1 heteroatoms. The third-order valence-corrected chi connectivity index (χ3v) is 11.1. The lowest BCUT2D eigenvalue weighted by Gasteiger charge is -2.22. The van der Waals surface area contributed by atoms with Gasteiger partial charge in [-0.1, -0.05) is 174 Å². The maximum Gasteiger partial charge on any atom is 0.0716 e. The van der Waals surface area contributed by atoms with E-state index in [9.17, 15) is 0 Å². The summed E-state index contributed by atoms with van der Waals surface area (Å²) in [5.41, 5.74) is 17.4. The lowest BCUT2D eigenvalue weighted by Crippen LogP contribution is -2.14. The van der Waals surface area contributed by atoms with Gasteiger partial charge in [0.05, 0.1) is 11.2 Å². The van der Waals surface area contributed by atoms with E-state index in [-0.39, 0.29) is 5.41 Å². The van der Waals surface area contributed by atoms with Crippen LogP contribution in [0.3, 0.4) is 0 Å². The summed E-state index contributed by atoms with van der Waals surface area (Å²) < 4.78 is 0. The van der Waals surface area contributed by atoms with Crippen LogP contribution in [0.25, 0.3) is 66.7 Å². The largest absolute Gasteiger partial charge is 0.248 e. The zero-order valence-electron chi connectivity index (χ0n) is 30.3. The third kappa shape index (κ3) is 6.43. The molecule has 0 amide bonds. The fourth-order valence-corrected chi connectivity index (χ4v) is 8.21. The minimum absolute atomic E-state index is 0.0580. The van der Waals surface area contributed by atoms with Gasteiger partial charge in [-0.15, -0.1) is 0 Å². The number of hydrogen-bond donors (Lipinski definition) is 0. The summed E-state index contributed by atoms with van der Waals surface area (Å²) in [5, 5.41) is 1.17. The Labute approximate surface area is 304 Å². The van der Waals surface area contributed by atoms with Gasteiger partial charge in [-0.3, -0.25) is 0 Å². The number of rotatable bonds is 11. The van der Waals surface area contributed by atoms with Gasteiger partial charge in [0.1, 0.15) is 0 Å². The zero-order valence-corrected chi connectivity index (χ0v) is 30.3. The number of unbranched alkanes of at least 4 members (excludes halogenated alkanes) is 5. The lowest BCUT2D eigenvalue weighted by molar-refractivity contribution is 0.607. The highest BCUT2D eigenvalue weighted by Gasteiger charge is 2.35. The number of aromatic nitrogens is 1. The van der Waals surface area contributed by atoms with Gasteiger partial charge in [0, 0.05) is 16.4 Å². The minimum atomic E-state index is -0.0580. The van der Waals surface area contributed by atoms with Gasteiger partial charge in [-0.05, 0) is 98.3 Å². The molecule has 0 fully saturated rings. The van der Waals surface area contributed by atoms with E-state index >= 15 is 0 Å². The smallest absolute Gasteiger partial charge is 0.0716 e. The molecule has 1 aliphatic rings. The van der Waals surface area contributed by atoms with Gasteiger partial charge in [0.25, 0.3) is 0 Å². The monoisotopic (exact) mass is 661 g/mol. The Bertz CT molecular complexity index is 2310. The van der Waals surface area contributed by atoms with Crippen molar-refractivity contribution < 1.29 is 0 Å². The maximum absolute atomic E-state index is 5.32. The van der Waals surface area contributed by atoms with E-state index < -0.39 is 0 Å². The molecule has 0 atom stereocenters. The van der Waals surface area contributed by atoms with Crippen molar-refractivity contribution in [2.75, 3.05) is 0 Å². The highest BCUT2D eigenvalue weighted by atomic mass is 14.7. The number of fused-ring (bicyclic) bond motifs is 4. The summed E-state index contributed by atoms with van der Waals surface area (Å²) in [7, 11) is 0. The first-order chi connectivity index (χ1) is 25.0. The first-order valence-electron chi connectivity index (χ1n) is 18.9. The molecule has 0 unspecified atom stereocenters. The van der Waals surface area contributed by atoms with Crippen LogP contribution in [0.15, 0.2) is 146 Å². The predicted molar refractivity (Wildman–Crippen MR) is 218 cm³/mol. The van der Waals surface area contributed by atoms with Crippen molar-refractivity contribution in [2.24, 2.45) is 0 Å². The average Bonchev–Trinajstić information content (AvgIpc) is 3.41. The van der Waals surface area contributed by atoms with Crippen LogP contribution in [0.1, 0.15) is 76.0 Å². The van der Waals surface area contributed by atoms with Crippen LogP contribution in [0.4, 0.5) is 0 Å². The molecule has 8 rings (SSSR count). The fraction of sp³-hybridized carbons (Fsp3) is 0.220. The molecule has 0 bridgehead atoms. The normalized spacial score (nSPS) is 12.9. The highest BCUT2D eigenvalue weighted by Crippen LogP contribution is 2.49. The molecule has 1 nitrogen and oxygen atoms in total. The van der Waals surface area contributed by atoms with Crippen LogP contribution < -0.4 is 0 Å². The van der Waals surface area contributed by atoms with Gasteiger partial charge in [-0.2, -0.15) is 0 Å². The SMILES string of the molecule is CCCCCCCCc1ccc(-c2ccccc2-c2ccc3nc(-c4ccc5c(c4)C(C)(C)c4ccccc4-5)cc(-c4ccccc4)c3c2)cc1. The van der Waals surface area contributed by atoms with E-state index in [1.807, 2.05) is 0 Å². The quantitative estimate of drug-likeness (QED) is 0.126. The predicted octanol–water partition coefficient (Wildman–Crippen LogP) is 14.1. The van der Waals surface area contributed by atoms with E-state index in [1.165, 1.54) is 105 Å². The number of hydrogen-bond acceptors (Lipinski definition) is 1. The summed E-state index contributed by atoms with van der Waals surface area (Å²) in [6.45, 7) is 6.97. The molecule has 0 saturated heterocycles. The molecule has 7 aromatic rings. The summed E-state index contributed by atoms with van der Waals surface area (Å²) in [4.78, 5) is 5.32. The van der Waals surface area contributed by atoms with Crippen molar-refractivity contribution in [2.45, 2.75) is 71.1 Å². The molecule has 0 N–H and O–H groups in total. The number of aryl methyl sites for hydroxylation is 1. The van der Waals surface area contributed by atoms with Crippen LogP contribution >= 0.6 is 0 Å². The van der Waals surface area contributed by atoms with Crippen LogP contribution in [0.2, 0.25) is 0 Å². The average molecular weight is 662 g/mol. The second-order valence-electron chi connectivity index (χ2n) is 14.8. The van der Waals surface area contributed by atoms with Gasteiger partial charge in [0.2, 0.25) is 0 Å². The molecule has 0 aliphatic heterocycles. The molecule has 0 spiro atoms. The topological polar surface area (TPSA) is 12.9 Å². The van der Waals surface area contributed by atoms with Crippen molar-refractivity contribution in [1.82, 2.24) is 4.98 Å². The lowest BCUT2D eigenvalue weighted by atomic mass is 9.82. The first-order valence-corrected chi connectivity index (χ1v) is 18.9. The summed E-state index contributed by atoms with van der Waals surface area (Å²) >= 11 is 0. The Balaban J connectivity index is 1.15. The van der Waals surface area contributed by atoms with Crippen molar-refractivity contribution in [3.05, 3.63) is 162 Å². The maximum atomic E-state index is 5.32. The molecule has 1 aliphatic carbocycles. The van der Waals surface area contributed by atoms with Gasteiger partial charge >= 0.3 is 0 Å². The van der Waals surface area contributed by atoms with Crippen molar-refractivity contribution >= 4 is 10.9 Å². The van der Waals surface area contributed by atoms with E-state index in [2.05, 4.69) is 166 Å². The molecule has 51 heavy (non-hydrogen) atoms. The molecular weight excluding hydrogens is 615 g/mol. The molecular formula is C50H47N. The Morgan fingerprint density at radius 1 is 0.451 bits per heavy atom. The summed E-state index contributed by atoms with van der Waals surface area (Å²) in [6, 6.07) is 53.8. The van der Waals surface area contributed by atoms with Crippen molar-refractivity contribution in [3.63, 3.8) is 0 Å². The highest BCUT2D eigenvalue weighted by molar-refractivity contribution is 6.00. The fourth-order valence-electron chi connectivity index (χ4n) is 8.21. The van der Waals surface area contributed by atoms with E-state index in [1.54, 1.807) is 0 Å². The van der Waals surface area contributed by atoms with Crippen molar-refractivity contribution in [3.8, 4) is 55.8 Å². The van der Waals surface area contributed by atoms with Crippen molar-refractivity contribution in [1.29, 1.82) is 0 Å². The van der Waals surface area contributed by atoms with Gasteiger partial charge < -0.3 is 0 Å². The zero-order chi connectivity index (χ0) is 34.8. The molecule has 0 saturated carbocycles. The Hall–Kier alpha value is -5.27. The first kappa shape index (κ1) is 32.9. The van der Waals surface area contributed by atoms with E-state index in [0.717, 1.165) is 23.2 Å². The minimum Gasteiger partial charge on any atom is -0.248 e. The third-order valence-electron chi connectivity index (χ3n) is 11.1. The second-order valence-corrected chi connectivity index (χ2v) is 14.8. The van der Waals surface area contributed by atoms with Gasteiger partial charge in [0.15, 0.2) is 0 Å². The van der Waals surface area contributed by atoms with Gasteiger partial charge in [-0.25, -0.2) is 4.98 Å².